The number of carbonyl (C=O) groups is 1. The van der Waals surface area contributed by atoms with Crippen LogP contribution in [0.4, 0.5) is 27.6 Å². The fourth-order valence-electron chi connectivity index (χ4n) is 4.50. The van der Waals surface area contributed by atoms with Crippen LogP contribution in [0, 0.1) is 21.5 Å². The first-order chi connectivity index (χ1) is 16.0. The third-order valence-electron chi connectivity index (χ3n) is 6.16. The number of nitrogens with zero attached hydrogens (tertiary/aromatic N) is 4. The maximum absolute atomic E-state index is 14.3. The summed E-state index contributed by atoms with van der Waals surface area (Å²) in [5, 5.41) is 15.6. The zero-order chi connectivity index (χ0) is 26.0. The van der Waals surface area contributed by atoms with E-state index in [1.165, 1.54) is 13.0 Å². The second-order valence-electron chi connectivity index (χ2n) is 9.62. The van der Waals surface area contributed by atoms with E-state index in [0.717, 1.165) is 23.2 Å². The zero-order valence-corrected chi connectivity index (χ0v) is 19.5. The molecule has 2 aliphatic rings. The highest BCUT2D eigenvalue weighted by Gasteiger charge is 2.57. The maximum Gasteiger partial charge on any atom is 0.420 e. The number of hydrogen-bond acceptors (Lipinski definition) is 6. The number of aromatic nitrogens is 3. The Labute approximate surface area is 197 Å². The summed E-state index contributed by atoms with van der Waals surface area (Å²) in [5.41, 5.74) is -5.53. The van der Waals surface area contributed by atoms with E-state index in [2.05, 4.69) is 15.4 Å². The number of rotatable bonds is 6. The van der Waals surface area contributed by atoms with Crippen molar-refractivity contribution in [1.82, 2.24) is 14.8 Å². The van der Waals surface area contributed by atoms with Gasteiger partial charge in [0.05, 0.1) is 21.5 Å². The van der Waals surface area contributed by atoms with Crippen LogP contribution in [0.25, 0.3) is 0 Å². The Morgan fingerprint density at radius 1 is 1.34 bits per heavy atom. The largest absolute Gasteiger partial charge is 0.420 e. The van der Waals surface area contributed by atoms with Crippen molar-refractivity contribution in [2.24, 2.45) is 5.41 Å². The van der Waals surface area contributed by atoms with Gasteiger partial charge in [-0.25, -0.2) is 22.8 Å². The smallest absolute Gasteiger partial charge is 0.320 e. The monoisotopic (exact) mass is 516 g/mol. The number of pyridine rings is 1. The van der Waals surface area contributed by atoms with Crippen LogP contribution in [0.1, 0.15) is 54.4 Å². The van der Waals surface area contributed by atoms with E-state index in [1.807, 2.05) is 6.07 Å². The third-order valence-corrected chi connectivity index (χ3v) is 7.18. The van der Waals surface area contributed by atoms with E-state index in [0.29, 0.717) is 0 Å². The summed E-state index contributed by atoms with van der Waals surface area (Å²) in [7, 11) is -3.27. The van der Waals surface area contributed by atoms with Crippen LogP contribution >= 0.6 is 0 Å². The van der Waals surface area contributed by atoms with E-state index in [9.17, 15) is 36.2 Å². The predicted octanol–water partition coefficient (Wildman–Crippen LogP) is 4.58. The van der Waals surface area contributed by atoms with Gasteiger partial charge in [-0.05, 0) is 30.4 Å². The fourth-order valence-corrected chi connectivity index (χ4v) is 5.11. The minimum absolute atomic E-state index is 0.0629. The summed E-state index contributed by atoms with van der Waals surface area (Å²) in [6.45, 7) is 1.09. The first-order valence-corrected chi connectivity index (χ1v) is 12.4. The van der Waals surface area contributed by atoms with Crippen LogP contribution in [0.15, 0.2) is 23.4 Å². The standard InChI is InChI=1S/C21H21F5N6O2S/c1-18(8-20(22,23)9-18)11-32-15(14(21(24,25)26)16(31-32)19(10-27)4-5-19)17(33)30-12-3-6-29-13(7-12)35(2,28)34/h3,6-7,28H,4-5,8-9,11H2,1-2H3,(H,29,30,33). The lowest BCUT2D eigenvalue weighted by Crippen LogP contribution is -2.47. The number of carbonyl (C=O) groups excluding carboxylic acids is 1. The summed E-state index contributed by atoms with van der Waals surface area (Å²) < 4.78 is 90.3. The lowest BCUT2D eigenvalue weighted by Gasteiger charge is -2.44. The Balaban J connectivity index is 1.81. The number of alkyl halides is 5. The molecule has 2 aliphatic carbocycles. The van der Waals surface area contributed by atoms with Crippen molar-refractivity contribution in [3.63, 3.8) is 0 Å². The fraction of sp³-hybridized carbons (Fsp3) is 0.524. The number of nitrogens with one attached hydrogen (secondary N) is 2. The molecule has 1 unspecified atom stereocenters. The molecule has 2 aromatic heterocycles. The first-order valence-electron chi connectivity index (χ1n) is 10.5. The second kappa shape index (κ2) is 7.71. The molecule has 8 nitrogen and oxygen atoms in total. The van der Waals surface area contributed by atoms with Gasteiger partial charge in [0, 0.05) is 37.5 Å². The third kappa shape index (κ3) is 4.73. The highest BCUT2D eigenvalue weighted by atomic mass is 32.2. The Morgan fingerprint density at radius 3 is 2.46 bits per heavy atom. The lowest BCUT2D eigenvalue weighted by atomic mass is 9.67. The van der Waals surface area contributed by atoms with Gasteiger partial charge in [-0.2, -0.15) is 23.5 Å². The van der Waals surface area contributed by atoms with Crippen molar-refractivity contribution in [3.05, 3.63) is 35.3 Å². The molecule has 188 valence electrons. The van der Waals surface area contributed by atoms with Gasteiger partial charge in [-0.3, -0.25) is 9.48 Å². The molecule has 2 saturated carbocycles. The minimum Gasteiger partial charge on any atom is -0.320 e. The summed E-state index contributed by atoms with van der Waals surface area (Å²) in [5.74, 6) is -4.19. The molecule has 0 spiro atoms. The average Bonchev–Trinajstić information content (AvgIpc) is 3.39. The second-order valence-corrected chi connectivity index (χ2v) is 11.7. The summed E-state index contributed by atoms with van der Waals surface area (Å²) >= 11 is 0. The van der Waals surface area contributed by atoms with Crippen LogP contribution in [0.5, 0.6) is 0 Å². The molecule has 1 atom stereocenters. The normalized spacial score (nSPS) is 21.3. The molecule has 2 aromatic rings. The van der Waals surface area contributed by atoms with Gasteiger partial charge < -0.3 is 5.32 Å². The highest BCUT2D eigenvalue weighted by Crippen LogP contribution is 2.54. The van der Waals surface area contributed by atoms with Gasteiger partial charge in [-0.15, -0.1) is 0 Å². The van der Waals surface area contributed by atoms with Crippen molar-refractivity contribution >= 4 is 21.3 Å². The van der Waals surface area contributed by atoms with Crippen LogP contribution in [-0.2, 0) is 27.9 Å². The summed E-state index contributed by atoms with van der Waals surface area (Å²) in [6, 6.07) is 4.20. The van der Waals surface area contributed by atoms with E-state index in [1.54, 1.807) is 0 Å². The van der Waals surface area contributed by atoms with Gasteiger partial charge in [0.2, 0.25) is 5.92 Å². The van der Waals surface area contributed by atoms with E-state index >= 15 is 0 Å². The zero-order valence-electron chi connectivity index (χ0n) is 18.7. The molecule has 4 rings (SSSR count). The Kier molecular flexibility index (Phi) is 5.51. The maximum atomic E-state index is 14.3. The van der Waals surface area contributed by atoms with Crippen LogP contribution in [-0.4, -0.2) is 37.1 Å². The van der Waals surface area contributed by atoms with Gasteiger partial charge >= 0.3 is 6.18 Å². The Morgan fingerprint density at radius 2 is 1.97 bits per heavy atom. The molecule has 0 bridgehead atoms. The number of nitriles is 1. The molecule has 2 N–H and O–H groups in total. The molecule has 14 heteroatoms. The molecule has 0 aliphatic heterocycles. The Hall–Kier alpha value is -3.08. The van der Waals surface area contributed by atoms with Crippen LogP contribution in [0.2, 0.25) is 0 Å². The van der Waals surface area contributed by atoms with E-state index in [4.69, 9.17) is 4.78 Å². The SMILES string of the molecule is CC1(Cn2nc(C3(C#N)CC3)c(C(F)(F)F)c2C(=O)Nc2ccnc(S(C)(=N)=O)c2)CC(F)(F)C1. The average molecular weight is 516 g/mol. The molecule has 2 fully saturated rings. The molecule has 2 heterocycles. The molecule has 0 aromatic carbocycles. The van der Waals surface area contributed by atoms with Crippen molar-refractivity contribution in [1.29, 1.82) is 10.0 Å². The molecule has 1 amide bonds. The predicted molar refractivity (Wildman–Crippen MR) is 113 cm³/mol. The number of hydrogen-bond donors (Lipinski definition) is 2. The number of anilines is 1. The highest BCUT2D eigenvalue weighted by molar-refractivity contribution is 7.91. The number of halogens is 5. The van der Waals surface area contributed by atoms with Gasteiger partial charge in [-0.1, -0.05) is 6.92 Å². The van der Waals surface area contributed by atoms with Gasteiger partial charge in [0.25, 0.3) is 5.91 Å². The van der Waals surface area contributed by atoms with E-state index in [-0.39, 0.29) is 30.1 Å². The van der Waals surface area contributed by atoms with Crippen molar-refractivity contribution in [2.75, 3.05) is 11.6 Å². The lowest BCUT2D eigenvalue weighted by molar-refractivity contribution is -0.160. The van der Waals surface area contributed by atoms with E-state index < -0.39 is 68.4 Å². The molecular formula is C21H21F5N6O2S. The Bertz CT molecular complexity index is 1350. The minimum atomic E-state index is -5.06. The van der Waals surface area contributed by atoms with Gasteiger partial charge in [0.1, 0.15) is 21.7 Å². The van der Waals surface area contributed by atoms with Crippen molar-refractivity contribution in [3.8, 4) is 6.07 Å². The molecular weight excluding hydrogens is 495 g/mol. The van der Waals surface area contributed by atoms with Gasteiger partial charge in [0.15, 0.2) is 0 Å². The molecule has 0 saturated heterocycles. The molecule has 0 radical (unpaired) electrons. The topological polar surface area (TPSA) is 125 Å². The number of amides is 1. The summed E-state index contributed by atoms with van der Waals surface area (Å²) in [6.07, 6.45) is -3.73. The molecule has 35 heavy (non-hydrogen) atoms. The first kappa shape index (κ1) is 25.0. The van der Waals surface area contributed by atoms with Crippen LogP contribution in [0.3, 0.4) is 0 Å². The summed E-state index contributed by atoms with van der Waals surface area (Å²) in [4.78, 5) is 17.0. The quantitative estimate of drug-likeness (QED) is 0.544. The van der Waals surface area contributed by atoms with Crippen molar-refractivity contribution in [2.45, 2.75) is 61.7 Å². The van der Waals surface area contributed by atoms with Crippen LogP contribution < -0.4 is 5.32 Å². The van der Waals surface area contributed by atoms with Crippen molar-refractivity contribution < 1.29 is 31.0 Å².